The summed E-state index contributed by atoms with van der Waals surface area (Å²) in [6.07, 6.45) is 26.8. The van der Waals surface area contributed by atoms with Crippen molar-refractivity contribution >= 4 is 0 Å². The third-order valence-corrected chi connectivity index (χ3v) is 6.33. The molecule has 28 heavy (non-hydrogen) atoms. The summed E-state index contributed by atoms with van der Waals surface area (Å²) >= 11 is 0. The maximum atomic E-state index is 5.94. The van der Waals surface area contributed by atoms with Crippen LogP contribution in [0.1, 0.15) is 136 Å². The van der Waals surface area contributed by atoms with Crippen LogP contribution >= 0.6 is 0 Å². The molecular formula is C26H52O2. The van der Waals surface area contributed by atoms with E-state index in [1.807, 2.05) is 0 Å². The maximum Gasteiger partial charge on any atom is 0.0812 e. The summed E-state index contributed by atoms with van der Waals surface area (Å²) < 4.78 is 11.8. The Morgan fingerprint density at radius 1 is 0.643 bits per heavy atom. The first-order valence-corrected chi connectivity index (χ1v) is 13.1. The molecule has 168 valence electrons. The van der Waals surface area contributed by atoms with Gasteiger partial charge in [-0.2, -0.15) is 0 Å². The van der Waals surface area contributed by atoms with Gasteiger partial charge in [0.25, 0.3) is 0 Å². The lowest BCUT2D eigenvalue weighted by Crippen LogP contribution is -2.14. The van der Waals surface area contributed by atoms with Crippen LogP contribution in [0.4, 0.5) is 0 Å². The molecule has 0 bridgehead atoms. The fourth-order valence-electron chi connectivity index (χ4n) is 4.39. The molecule has 0 aliphatic carbocycles. The van der Waals surface area contributed by atoms with Crippen LogP contribution < -0.4 is 0 Å². The molecule has 1 rings (SSSR count). The Labute approximate surface area is 177 Å². The van der Waals surface area contributed by atoms with Gasteiger partial charge in [0.05, 0.1) is 12.7 Å². The van der Waals surface area contributed by atoms with Gasteiger partial charge in [0.1, 0.15) is 0 Å². The standard InChI is InChI=1S/C26H52O2/c1-3-5-7-9-10-11-12-13-14-15-16-18-20-25-22-26(28-23-25)24-27-21-19-17-8-6-4-2/h25-26H,3-24H2,1-2H3. The minimum Gasteiger partial charge on any atom is -0.379 e. The molecule has 0 aromatic carbocycles. The minimum absolute atomic E-state index is 0.373. The molecule has 2 atom stereocenters. The molecule has 1 aliphatic heterocycles. The van der Waals surface area contributed by atoms with E-state index in [2.05, 4.69) is 13.8 Å². The zero-order chi connectivity index (χ0) is 20.1. The SMILES string of the molecule is CCCCCCCCCCCCCCC1COC(COCCCCCCC)C1. The average molecular weight is 397 g/mol. The highest BCUT2D eigenvalue weighted by Crippen LogP contribution is 2.25. The largest absolute Gasteiger partial charge is 0.379 e. The van der Waals surface area contributed by atoms with Crippen molar-refractivity contribution in [2.75, 3.05) is 19.8 Å². The average Bonchev–Trinajstić information content (AvgIpc) is 3.16. The maximum absolute atomic E-state index is 5.94. The molecule has 0 aromatic rings. The van der Waals surface area contributed by atoms with Crippen LogP contribution in [0, 0.1) is 5.92 Å². The van der Waals surface area contributed by atoms with Crippen LogP contribution in [-0.2, 0) is 9.47 Å². The smallest absolute Gasteiger partial charge is 0.0812 e. The van der Waals surface area contributed by atoms with E-state index in [0.717, 1.165) is 25.7 Å². The summed E-state index contributed by atoms with van der Waals surface area (Å²) in [4.78, 5) is 0. The monoisotopic (exact) mass is 396 g/mol. The Morgan fingerprint density at radius 2 is 1.14 bits per heavy atom. The van der Waals surface area contributed by atoms with E-state index in [4.69, 9.17) is 9.47 Å². The van der Waals surface area contributed by atoms with E-state index in [0.29, 0.717) is 6.10 Å². The van der Waals surface area contributed by atoms with Crippen LogP contribution in [-0.4, -0.2) is 25.9 Å². The van der Waals surface area contributed by atoms with Crippen molar-refractivity contribution in [2.45, 2.75) is 142 Å². The summed E-state index contributed by atoms with van der Waals surface area (Å²) in [6, 6.07) is 0. The molecule has 1 fully saturated rings. The summed E-state index contributed by atoms with van der Waals surface area (Å²) in [6.45, 7) is 7.28. The second kappa shape index (κ2) is 20.2. The quantitative estimate of drug-likeness (QED) is 0.181. The van der Waals surface area contributed by atoms with Crippen LogP contribution in [0.5, 0.6) is 0 Å². The van der Waals surface area contributed by atoms with Gasteiger partial charge >= 0.3 is 0 Å². The summed E-state index contributed by atoms with van der Waals surface area (Å²) in [7, 11) is 0. The van der Waals surface area contributed by atoms with Gasteiger partial charge in [-0.15, -0.1) is 0 Å². The molecule has 1 aliphatic rings. The second-order valence-corrected chi connectivity index (χ2v) is 9.22. The Balaban J connectivity index is 1.79. The Hall–Kier alpha value is -0.0800. The van der Waals surface area contributed by atoms with Crippen LogP contribution in [0.25, 0.3) is 0 Å². The van der Waals surface area contributed by atoms with Gasteiger partial charge in [0.15, 0.2) is 0 Å². The first kappa shape index (κ1) is 26.0. The van der Waals surface area contributed by atoms with Crippen molar-refractivity contribution < 1.29 is 9.47 Å². The van der Waals surface area contributed by atoms with Gasteiger partial charge < -0.3 is 9.47 Å². The molecule has 2 unspecified atom stereocenters. The van der Waals surface area contributed by atoms with Crippen LogP contribution in [0.2, 0.25) is 0 Å². The molecule has 0 spiro atoms. The summed E-state index contributed by atoms with van der Waals surface area (Å²) in [5, 5.41) is 0. The Kier molecular flexibility index (Phi) is 18.7. The number of unbranched alkanes of at least 4 members (excludes halogenated alkanes) is 15. The van der Waals surface area contributed by atoms with E-state index in [1.54, 1.807) is 0 Å². The third kappa shape index (κ3) is 15.8. The van der Waals surface area contributed by atoms with Gasteiger partial charge in [0, 0.05) is 13.2 Å². The third-order valence-electron chi connectivity index (χ3n) is 6.33. The van der Waals surface area contributed by atoms with Gasteiger partial charge in [-0.1, -0.05) is 117 Å². The number of ether oxygens (including phenoxy) is 2. The van der Waals surface area contributed by atoms with Gasteiger partial charge in [-0.25, -0.2) is 0 Å². The number of hydrogen-bond donors (Lipinski definition) is 0. The normalized spacial score (nSPS) is 19.5. The highest BCUT2D eigenvalue weighted by Gasteiger charge is 2.24. The van der Waals surface area contributed by atoms with Crippen molar-refractivity contribution in [3.05, 3.63) is 0 Å². The molecule has 1 saturated heterocycles. The molecule has 2 nitrogen and oxygen atoms in total. The highest BCUT2D eigenvalue weighted by atomic mass is 16.5. The fraction of sp³-hybridized carbons (Fsp3) is 1.00. The Bertz CT molecular complexity index is 305. The molecule has 1 heterocycles. The van der Waals surface area contributed by atoms with Crippen LogP contribution in [0.15, 0.2) is 0 Å². The fourth-order valence-corrected chi connectivity index (χ4v) is 4.39. The minimum atomic E-state index is 0.373. The van der Waals surface area contributed by atoms with Gasteiger partial charge in [-0.05, 0) is 25.2 Å². The van der Waals surface area contributed by atoms with Gasteiger partial charge in [-0.3, -0.25) is 0 Å². The van der Waals surface area contributed by atoms with Crippen molar-refractivity contribution in [3.63, 3.8) is 0 Å². The number of hydrogen-bond acceptors (Lipinski definition) is 2. The number of rotatable bonds is 21. The summed E-state index contributed by atoms with van der Waals surface area (Å²) in [5.41, 5.74) is 0. The van der Waals surface area contributed by atoms with E-state index in [1.165, 1.54) is 122 Å². The van der Waals surface area contributed by atoms with E-state index in [9.17, 15) is 0 Å². The molecular weight excluding hydrogens is 344 g/mol. The van der Waals surface area contributed by atoms with E-state index in [-0.39, 0.29) is 0 Å². The molecule has 0 N–H and O–H groups in total. The first-order valence-electron chi connectivity index (χ1n) is 13.1. The molecule has 0 amide bonds. The zero-order valence-electron chi connectivity index (χ0n) is 19.5. The van der Waals surface area contributed by atoms with Gasteiger partial charge in [0.2, 0.25) is 0 Å². The lowest BCUT2D eigenvalue weighted by Gasteiger charge is -2.10. The van der Waals surface area contributed by atoms with Crippen molar-refractivity contribution in [2.24, 2.45) is 5.92 Å². The first-order chi connectivity index (χ1) is 13.9. The molecule has 0 saturated carbocycles. The molecule has 0 aromatic heterocycles. The zero-order valence-corrected chi connectivity index (χ0v) is 19.5. The van der Waals surface area contributed by atoms with E-state index < -0.39 is 0 Å². The predicted molar refractivity (Wildman–Crippen MR) is 123 cm³/mol. The Morgan fingerprint density at radius 3 is 1.71 bits per heavy atom. The molecule has 2 heteroatoms. The van der Waals surface area contributed by atoms with Crippen molar-refractivity contribution in [3.8, 4) is 0 Å². The van der Waals surface area contributed by atoms with Crippen molar-refractivity contribution in [1.29, 1.82) is 0 Å². The highest BCUT2D eigenvalue weighted by molar-refractivity contribution is 4.73. The lowest BCUT2D eigenvalue weighted by molar-refractivity contribution is 0.0153. The van der Waals surface area contributed by atoms with Crippen LogP contribution in [0.3, 0.4) is 0 Å². The summed E-state index contributed by atoms with van der Waals surface area (Å²) in [5.74, 6) is 0.793. The van der Waals surface area contributed by atoms with E-state index >= 15 is 0 Å². The molecule has 0 radical (unpaired) electrons. The second-order valence-electron chi connectivity index (χ2n) is 9.22. The van der Waals surface area contributed by atoms with Crippen molar-refractivity contribution in [1.82, 2.24) is 0 Å². The lowest BCUT2D eigenvalue weighted by atomic mass is 9.97. The topological polar surface area (TPSA) is 18.5 Å². The predicted octanol–water partition coefficient (Wildman–Crippen LogP) is 8.47.